The minimum absolute atomic E-state index is 0.580. The van der Waals surface area contributed by atoms with E-state index in [1.807, 2.05) is 12.1 Å². The quantitative estimate of drug-likeness (QED) is 0.293. The zero-order chi connectivity index (χ0) is 16.4. The average molecular weight is 343 g/mol. The summed E-state index contributed by atoms with van der Waals surface area (Å²) in [5.74, 6) is 7.49. The Morgan fingerprint density at radius 2 is 1.87 bits per heavy atom. The van der Waals surface area contributed by atoms with Crippen LogP contribution in [0.3, 0.4) is 0 Å². The molecule has 3 aromatic rings. The molecule has 3 rings (SSSR count). The van der Waals surface area contributed by atoms with Crippen LogP contribution in [-0.2, 0) is 5.75 Å². The number of thiol groups is 1. The summed E-state index contributed by atoms with van der Waals surface area (Å²) in [5.41, 5.74) is 9.75. The van der Waals surface area contributed by atoms with Crippen molar-refractivity contribution < 1.29 is 0 Å². The Morgan fingerprint density at radius 3 is 2.57 bits per heavy atom. The van der Waals surface area contributed by atoms with Crippen LogP contribution in [0.25, 0.3) is 11.4 Å². The maximum absolute atomic E-state index is 6.12. The van der Waals surface area contributed by atoms with Gasteiger partial charge in [-0.3, -0.25) is 0 Å². The lowest BCUT2D eigenvalue weighted by Crippen LogP contribution is -2.11. The second-order valence-corrected chi connectivity index (χ2v) is 6.65. The van der Waals surface area contributed by atoms with E-state index >= 15 is 0 Å². The molecule has 2 aromatic carbocycles. The van der Waals surface area contributed by atoms with Crippen molar-refractivity contribution in [3.8, 4) is 11.4 Å². The molecule has 0 aliphatic carbocycles. The highest BCUT2D eigenvalue weighted by Gasteiger charge is 2.13. The molecular weight excluding hydrogens is 326 g/mol. The van der Waals surface area contributed by atoms with Crippen molar-refractivity contribution in [3.63, 3.8) is 0 Å². The van der Waals surface area contributed by atoms with Crippen molar-refractivity contribution in [1.82, 2.24) is 14.9 Å². The molecule has 0 fully saturated rings. The molecule has 0 amide bonds. The first-order valence-electron chi connectivity index (χ1n) is 7.02. The van der Waals surface area contributed by atoms with Crippen LogP contribution in [0.1, 0.15) is 11.1 Å². The van der Waals surface area contributed by atoms with E-state index in [2.05, 4.69) is 54.0 Å². The van der Waals surface area contributed by atoms with Crippen LogP contribution in [0, 0.1) is 6.92 Å². The molecule has 0 radical (unpaired) electrons. The Labute approximate surface area is 144 Å². The summed E-state index contributed by atoms with van der Waals surface area (Å²) in [7, 11) is 0. The molecule has 5 nitrogen and oxygen atoms in total. The third-order valence-electron chi connectivity index (χ3n) is 3.44. The number of aromatic nitrogens is 3. The fraction of sp³-hybridized carbons (Fsp3) is 0.125. The minimum Gasteiger partial charge on any atom is -0.398 e. The molecule has 0 saturated carbocycles. The number of anilines is 1. The van der Waals surface area contributed by atoms with Gasteiger partial charge in [-0.2, -0.15) is 0 Å². The zero-order valence-corrected chi connectivity index (χ0v) is 14.3. The van der Waals surface area contributed by atoms with Gasteiger partial charge in [0.25, 0.3) is 0 Å². The van der Waals surface area contributed by atoms with Gasteiger partial charge in [-0.05, 0) is 30.7 Å². The van der Waals surface area contributed by atoms with Gasteiger partial charge >= 0.3 is 0 Å². The number of rotatable bonds is 4. The molecule has 0 aliphatic heterocycles. The van der Waals surface area contributed by atoms with Gasteiger partial charge in [0.1, 0.15) is 0 Å². The number of thioether (sulfide) groups is 1. The van der Waals surface area contributed by atoms with Crippen LogP contribution in [0.15, 0.2) is 52.5 Å². The second-order valence-electron chi connectivity index (χ2n) is 5.22. The molecule has 1 heterocycles. The predicted molar refractivity (Wildman–Crippen MR) is 98.0 cm³/mol. The lowest BCUT2D eigenvalue weighted by atomic mass is 10.2. The largest absolute Gasteiger partial charge is 0.398 e. The van der Waals surface area contributed by atoms with E-state index in [4.69, 9.17) is 11.6 Å². The molecule has 4 N–H and O–H groups in total. The Kier molecular flexibility index (Phi) is 4.49. The monoisotopic (exact) mass is 343 g/mol. The van der Waals surface area contributed by atoms with Crippen LogP contribution in [0.2, 0.25) is 0 Å². The SMILES string of the molecule is Cc1ccc(CSc2nnc(-c3ccc(S)c(N)c3)n2N)cc1. The highest BCUT2D eigenvalue weighted by molar-refractivity contribution is 7.98. The number of hydrogen-bond acceptors (Lipinski definition) is 6. The zero-order valence-electron chi connectivity index (χ0n) is 12.6. The average Bonchev–Trinajstić information content (AvgIpc) is 2.90. The first-order valence-corrected chi connectivity index (χ1v) is 8.45. The van der Waals surface area contributed by atoms with Gasteiger partial charge in [-0.1, -0.05) is 41.6 Å². The van der Waals surface area contributed by atoms with Crippen LogP contribution >= 0.6 is 24.4 Å². The molecule has 118 valence electrons. The fourth-order valence-electron chi connectivity index (χ4n) is 2.10. The van der Waals surface area contributed by atoms with Crippen molar-refractivity contribution in [2.45, 2.75) is 22.7 Å². The molecule has 0 atom stereocenters. The van der Waals surface area contributed by atoms with Crippen molar-refractivity contribution in [1.29, 1.82) is 0 Å². The fourth-order valence-corrected chi connectivity index (χ4v) is 3.05. The first-order chi connectivity index (χ1) is 11.0. The van der Waals surface area contributed by atoms with Crippen LogP contribution in [0.5, 0.6) is 0 Å². The lowest BCUT2D eigenvalue weighted by molar-refractivity contribution is 0.849. The molecule has 1 aromatic heterocycles. The van der Waals surface area contributed by atoms with E-state index in [9.17, 15) is 0 Å². The summed E-state index contributed by atoms with van der Waals surface area (Å²) >= 11 is 5.81. The number of aryl methyl sites for hydroxylation is 1. The van der Waals surface area contributed by atoms with Gasteiger partial charge in [0.05, 0.1) is 0 Å². The number of hydrogen-bond donors (Lipinski definition) is 3. The van der Waals surface area contributed by atoms with Crippen LogP contribution in [0.4, 0.5) is 5.69 Å². The third-order valence-corrected chi connectivity index (χ3v) is 4.86. The van der Waals surface area contributed by atoms with Gasteiger partial charge in [-0.25, -0.2) is 4.68 Å². The van der Waals surface area contributed by atoms with Crippen molar-refractivity contribution in [3.05, 3.63) is 53.6 Å². The van der Waals surface area contributed by atoms with Gasteiger partial charge in [0.15, 0.2) is 5.82 Å². The minimum atomic E-state index is 0.580. The van der Waals surface area contributed by atoms with E-state index in [0.29, 0.717) is 16.7 Å². The molecule has 0 bridgehead atoms. The smallest absolute Gasteiger partial charge is 0.210 e. The molecule has 7 heteroatoms. The summed E-state index contributed by atoms with van der Waals surface area (Å²) < 4.78 is 1.49. The number of nitrogens with two attached hydrogens (primary N) is 2. The summed E-state index contributed by atoms with van der Waals surface area (Å²) in [5, 5.41) is 9.00. The third kappa shape index (κ3) is 3.46. The van der Waals surface area contributed by atoms with Crippen molar-refractivity contribution in [2.24, 2.45) is 0 Å². The molecule has 0 aliphatic rings. The van der Waals surface area contributed by atoms with Gasteiger partial charge < -0.3 is 11.6 Å². The maximum atomic E-state index is 6.12. The Morgan fingerprint density at radius 1 is 1.13 bits per heavy atom. The summed E-state index contributed by atoms with van der Waals surface area (Å²) in [6.07, 6.45) is 0. The van der Waals surface area contributed by atoms with E-state index < -0.39 is 0 Å². The summed E-state index contributed by atoms with van der Waals surface area (Å²) in [6, 6.07) is 13.9. The number of benzene rings is 2. The number of nitrogen functional groups attached to an aromatic ring is 2. The molecule has 0 saturated heterocycles. The lowest BCUT2D eigenvalue weighted by Gasteiger charge is -2.06. The van der Waals surface area contributed by atoms with E-state index in [1.54, 1.807) is 17.8 Å². The maximum Gasteiger partial charge on any atom is 0.210 e. The second kappa shape index (κ2) is 6.55. The van der Waals surface area contributed by atoms with Gasteiger partial charge in [0, 0.05) is 21.9 Å². The normalized spacial score (nSPS) is 10.9. The Hall–Kier alpha value is -2.12. The summed E-state index contributed by atoms with van der Waals surface area (Å²) in [4.78, 5) is 0.728. The van der Waals surface area contributed by atoms with Crippen molar-refractivity contribution in [2.75, 3.05) is 11.6 Å². The number of nitrogens with zero attached hydrogens (tertiary/aromatic N) is 3. The predicted octanol–water partition coefficient (Wildman–Crippen LogP) is 3.13. The first kappa shape index (κ1) is 15.8. The van der Waals surface area contributed by atoms with Crippen LogP contribution in [-0.4, -0.2) is 14.9 Å². The van der Waals surface area contributed by atoms with E-state index in [0.717, 1.165) is 16.2 Å². The highest BCUT2D eigenvalue weighted by atomic mass is 32.2. The van der Waals surface area contributed by atoms with E-state index in [1.165, 1.54) is 15.8 Å². The molecule has 0 spiro atoms. The standard InChI is InChI=1S/C16H17N5S2/c1-10-2-4-11(5-3-10)9-23-16-20-19-15(21(16)18)12-6-7-14(22)13(17)8-12/h2-8,22H,9,17-18H2,1H3. The van der Waals surface area contributed by atoms with Crippen molar-refractivity contribution >= 4 is 30.1 Å². The molecule has 23 heavy (non-hydrogen) atoms. The van der Waals surface area contributed by atoms with Gasteiger partial charge in [-0.15, -0.1) is 22.8 Å². The topological polar surface area (TPSA) is 82.8 Å². The van der Waals surface area contributed by atoms with Gasteiger partial charge in [0.2, 0.25) is 5.16 Å². The Balaban J connectivity index is 1.78. The highest BCUT2D eigenvalue weighted by Crippen LogP contribution is 2.27. The van der Waals surface area contributed by atoms with E-state index in [-0.39, 0.29) is 0 Å². The molecule has 0 unspecified atom stereocenters. The Bertz CT molecular complexity index is 827. The summed E-state index contributed by atoms with van der Waals surface area (Å²) in [6.45, 7) is 2.07. The molecular formula is C16H17N5S2. The van der Waals surface area contributed by atoms with Crippen LogP contribution < -0.4 is 11.6 Å².